The Labute approximate surface area is 162 Å². The van der Waals surface area contributed by atoms with E-state index in [1.165, 1.54) is 0 Å². The van der Waals surface area contributed by atoms with Crippen LogP contribution in [-0.4, -0.2) is 42.9 Å². The topological polar surface area (TPSA) is 38.8 Å². The number of hydrogen-bond donors (Lipinski definition) is 0. The van der Waals surface area contributed by atoms with Crippen LogP contribution in [0.15, 0.2) is 42.5 Å². The monoisotopic (exact) mass is 389 g/mol. The average Bonchev–Trinajstić information content (AvgIpc) is 2.93. The second-order valence-corrected chi connectivity index (χ2v) is 8.01. The Kier molecular flexibility index (Phi) is 5.27. The third kappa shape index (κ3) is 3.51. The first-order chi connectivity index (χ1) is 12.7. The van der Waals surface area contributed by atoms with Gasteiger partial charge in [0.25, 0.3) is 5.91 Å². The number of rotatable bonds is 2. The number of amides is 1. The number of para-hydroxylation sites is 1. The summed E-state index contributed by atoms with van der Waals surface area (Å²) in [7, 11) is 0. The van der Waals surface area contributed by atoms with Crippen molar-refractivity contribution in [3.05, 3.63) is 58.6 Å². The molecule has 0 N–H and O–H groups in total. The van der Waals surface area contributed by atoms with Gasteiger partial charge in [-0.15, -0.1) is 0 Å². The van der Waals surface area contributed by atoms with E-state index in [0.717, 1.165) is 29.3 Å². The lowest BCUT2D eigenvalue weighted by Gasteiger charge is -2.24. The first-order valence-electron chi connectivity index (χ1n) is 8.78. The van der Waals surface area contributed by atoms with E-state index in [9.17, 15) is 4.79 Å². The van der Waals surface area contributed by atoms with Crippen LogP contribution in [-0.2, 0) is 0 Å². The molecule has 26 heavy (non-hydrogen) atoms. The second kappa shape index (κ2) is 7.80. The van der Waals surface area contributed by atoms with Gasteiger partial charge in [-0.05, 0) is 30.2 Å². The molecule has 1 fully saturated rings. The van der Waals surface area contributed by atoms with Crippen LogP contribution < -0.4 is 9.47 Å². The molecule has 1 saturated heterocycles. The van der Waals surface area contributed by atoms with Crippen molar-refractivity contribution in [2.75, 3.05) is 32.1 Å². The molecule has 2 aromatic carbocycles. The number of halogens is 1. The first kappa shape index (κ1) is 17.6. The molecule has 2 aliphatic heterocycles. The highest BCUT2D eigenvalue weighted by Gasteiger charge is 2.27. The van der Waals surface area contributed by atoms with E-state index in [1.54, 1.807) is 0 Å². The number of benzene rings is 2. The molecule has 4 rings (SSSR count). The van der Waals surface area contributed by atoms with Crippen molar-refractivity contribution < 1.29 is 14.3 Å². The van der Waals surface area contributed by atoms with Gasteiger partial charge in [-0.3, -0.25) is 4.79 Å². The van der Waals surface area contributed by atoms with E-state index in [4.69, 9.17) is 21.1 Å². The summed E-state index contributed by atoms with van der Waals surface area (Å²) >= 11 is 8.22. The summed E-state index contributed by atoms with van der Waals surface area (Å²) in [5.41, 5.74) is 1.74. The van der Waals surface area contributed by atoms with Crippen molar-refractivity contribution in [3.8, 4) is 11.5 Å². The normalized spacial score (nSPS) is 19.7. The minimum atomic E-state index is 0.00718. The molecule has 2 aliphatic rings. The predicted octanol–water partition coefficient (Wildman–Crippen LogP) is 4.43. The fraction of sp³-hybridized carbons (Fsp3) is 0.350. The fourth-order valence-electron chi connectivity index (χ4n) is 3.37. The largest absolute Gasteiger partial charge is 0.486 e. The van der Waals surface area contributed by atoms with Crippen LogP contribution in [0.4, 0.5) is 0 Å². The number of hydrogen-bond acceptors (Lipinski definition) is 4. The van der Waals surface area contributed by atoms with Crippen LogP contribution in [0.5, 0.6) is 11.5 Å². The number of carbonyl (C=O) groups excluding carboxylic acids is 1. The number of fused-ring (bicyclic) bond motifs is 1. The highest BCUT2D eigenvalue weighted by molar-refractivity contribution is 7.99. The van der Waals surface area contributed by atoms with E-state index in [-0.39, 0.29) is 5.91 Å². The molecule has 0 bridgehead atoms. The summed E-state index contributed by atoms with van der Waals surface area (Å²) in [4.78, 5) is 15.0. The van der Waals surface area contributed by atoms with Crippen LogP contribution in [0.1, 0.15) is 27.6 Å². The van der Waals surface area contributed by atoms with Crippen LogP contribution in [0.3, 0.4) is 0 Å². The summed E-state index contributed by atoms with van der Waals surface area (Å²) in [6.07, 6.45) is 0.881. The average molecular weight is 390 g/mol. The van der Waals surface area contributed by atoms with Gasteiger partial charge in [0.15, 0.2) is 11.5 Å². The van der Waals surface area contributed by atoms with E-state index in [2.05, 4.69) is 6.07 Å². The molecule has 0 aromatic heterocycles. The molecule has 0 aliphatic carbocycles. The van der Waals surface area contributed by atoms with E-state index in [0.29, 0.717) is 42.1 Å². The quantitative estimate of drug-likeness (QED) is 0.761. The Morgan fingerprint density at radius 2 is 1.92 bits per heavy atom. The number of ether oxygens (including phenoxy) is 2. The van der Waals surface area contributed by atoms with Crippen LogP contribution >= 0.6 is 23.4 Å². The van der Waals surface area contributed by atoms with Crippen molar-refractivity contribution in [2.24, 2.45) is 0 Å². The molecule has 4 nitrogen and oxygen atoms in total. The molecule has 2 heterocycles. The van der Waals surface area contributed by atoms with E-state index < -0.39 is 0 Å². The van der Waals surface area contributed by atoms with Crippen molar-refractivity contribution in [1.29, 1.82) is 0 Å². The summed E-state index contributed by atoms with van der Waals surface area (Å²) in [6, 6.07) is 13.5. The highest BCUT2D eigenvalue weighted by atomic mass is 35.5. The zero-order valence-electron chi connectivity index (χ0n) is 14.3. The molecule has 136 valence electrons. The molecule has 0 spiro atoms. The Bertz CT molecular complexity index is 813. The van der Waals surface area contributed by atoms with E-state index in [1.807, 2.05) is 53.1 Å². The second-order valence-electron chi connectivity index (χ2n) is 6.29. The van der Waals surface area contributed by atoms with Gasteiger partial charge in [-0.1, -0.05) is 35.9 Å². The molecule has 0 unspecified atom stereocenters. The third-order valence-corrected chi connectivity index (χ3v) is 6.33. The first-order valence-corrected chi connectivity index (χ1v) is 10.2. The van der Waals surface area contributed by atoms with Gasteiger partial charge in [0.2, 0.25) is 0 Å². The molecule has 1 atom stereocenters. The summed E-state index contributed by atoms with van der Waals surface area (Å²) in [6.45, 7) is 2.41. The Hall–Kier alpha value is -1.85. The molecule has 0 saturated carbocycles. The van der Waals surface area contributed by atoms with Crippen molar-refractivity contribution in [2.45, 2.75) is 11.7 Å². The van der Waals surface area contributed by atoms with E-state index >= 15 is 0 Å². The van der Waals surface area contributed by atoms with Crippen LogP contribution in [0.2, 0.25) is 5.02 Å². The fourth-order valence-corrected chi connectivity index (χ4v) is 4.97. The van der Waals surface area contributed by atoms with Crippen LogP contribution in [0, 0.1) is 0 Å². The standard InChI is InChI=1S/C20H20ClNO3S/c21-16-6-2-1-4-14(16)18-8-9-22(10-13-26-18)20(23)15-5-3-7-17-19(15)25-12-11-24-17/h1-7,18H,8-13H2/t18-/m1/s1. The zero-order valence-corrected chi connectivity index (χ0v) is 15.9. The highest BCUT2D eigenvalue weighted by Crippen LogP contribution is 2.39. The lowest BCUT2D eigenvalue weighted by molar-refractivity contribution is 0.0756. The predicted molar refractivity (Wildman–Crippen MR) is 105 cm³/mol. The molecular weight excluding hydrogens is 370 g/mol. The van der Waals surface area contributed by atoms with Gasteiger partial charge in [-0.2, -0.15) is 11.8 Å². The lowest BCUT2D eigenvalue weighted by Crippen LogP contribution is -2.33. The molecule has 1 amide bonds. The smallest absolute Gasteiger partial charge is 0.257 e. The number of thioether (sulfide) groups is 1. The maximum atomic E-state index is 13.1. The van der Waals surface area contributed by atoms with Crippen LogP contribution in [0.25, 0.3) is 0 Å². The summed E-state index contributed by atoms with van der Waals surface area (Å²) in [5.74, 6) is 2.12. The molecular formula is C20H20ClNO3S. The SMILES string of the molecule is O=C(c1cccc2c1OCCO2)N1CCS[C@@H](c2ccccc2Cl)CC1. The Balaban J connectivity index is 1.51. The van der Waals surface area contributed by atoms with Gasteiger partial charge in [-0.25, -0.2) is 0 Å². The third-order valence-electron chi connectivity index (χ3n) is 4.68. The molecule has 0 radical (unpaired) electrons. The van der Waals surface area contributed by atoms with Gasteiger partial charge in [0.1, 0.15) is 13.2 Å². The Morgan fingerprint density at radius 3 is 2.81 bits per heavy atom. The molecule has 6 heteroatoms. The maximum absolute atomic E-state index is 13.1. The van der Waals surface area contributed by atoms with Gasteiger partial charge in [0, 0.05) is 29.1 Å². The molecule has 2 aromatic rings. The zero-order chi connectivity index (χ0) is 17.9. The maximum Gasteiger partial charge on any atom is 0.257 e. The number of nitrogens with zero attached hydrogens (tertiary/aromatic N) is 1. The van der Waals surface area contributed by atoms with Crippen molar-refractivity contribution in [1.82, 2.24) is 4.90 Å². The van der Waals surface area contributed by atoms with Crippen molar-refractivity contribution in [3.63, 3.8) is 0 Å². The van der Waals surface area contributed by atoms with Crippen molar-refractivity contribution >= 4 is 29.3 Å². The summed E-state index contributed by atoms with van der Waals surface area (Å²) < 4.78 is 11.3. The number of carbonyl (C=O) groups is 1. The lowest BCUT2D eigenvalue weighted by atomic mass is 10.1. The minimum Gasteiger partial charge on any atom is -0.486 e. The van der Waals surface area contributed by atoms with Gasteiger partial charge < -0.3 is 14.4 Å². The minimum absolute atomic E-state index is 0.00718. The van der Waals surface area contributed by atoms with Gasteiger partial charge in [0.05, 0.1) is 5.56 Å². The van der Waals surface area contributed by atoms with Gasteiger partial charge >= 0.3 is 0 Å². The summed E-state index contributed by atoms with van der Waals surface area (Å²) in [5, 5.41) is 1.11. The Morgan fingerprint density at radius 1 is 1.08 bits per heavy atom.